The Morgan fingerprint density at radius 2 is 2.14 bits per heavy atom. The summed E-state index contributed by atoms with van der Waals surface area (Å²) in [5.74, 6) is 0.245. The molecule has 2 heterocycles. The van der Waals surface area contributed by atoms with Crippen LogP contribution in [0.1, 0.15) is 6.92 Å². The molecule has 1 saturated heterocycles. The Morgan fingerprint density at radius 3 is 2.76 bits per heavy atom. The van der Waals surface area contributed by atoms with E-state index in [9.17, 15) is 14.7 Å². The topological polar surface area (TPSA) is 92.6 Å². The second kappa shape index (κ2) is 4.41. The van der Waals surface area contributed by atoms with Gasteiger partial charge in [-0.25, -0.2) is 4.79 Å². The molecule has 1 aliphatic heterocycles. The van der Waals surface area contributed by atoms with Crippen molar-refractivity contribution in [2.45, 2.75) is 19.0 Å². The number of benzene rings is 1. The summed E-state index contributed by atoms with van der Waals surface area (Å²) in [6.07, 6.45) is 1.73. The van der Waals surface area contributed by atoms with Gasteiger partial charge in [0.15, 0.2) is 5.88 Å². The van der Waals surface area contributed by atoms with E-state index in [1.54, 1.807) is 32.4 Å². The van der Waals surface area contributed by atoms with E-state index in [2.05, 4.69) is 10.6 Å². The lowest BCUT2D eigenvalue weighted by Gasteiger charge is -2.21. The van der Waals surface area contributed by atoms with Gasteiger partial charge in [-0.05, 0) is 25.1 Å². The van der Waals surface area contributed by atoms with Gasteiger partial charge in [0.25, 0.3) is 5.91 Å². The third-order valence-electron chi connectivity index (χ3n) is 3.67. The first kappa shape index (κ1) is 13.3. The zero-order valence-electron chi connectivity index (χ0n) is 11.6. The molecule has 1 aromatic heterocycles. The van der Waals surface area contributed by atoms with Crippen molar-refractivity contribution in [2.24, 2.45) is 0 Å². The molecule has 1 atom stereocenters. The van der Waals surface area contributed by atoms with Crippen LogP contribution >= 0.6 is 0 Å². The first-order valence-corrected chi connectivity index (χ1v) is 6.42. The van der Waals surface area contributed by atoms with E-state index >= 15 is 0 Å². The molecular weight excluding hydrogens is 274 g/mol. The van der Waals surface area contributed by atoms with Crippen LogP contribution in [-0.2, 0) is 11.3 Å². The lowest BCUT2D eigenvalue weighted by molar-refractivity contribution is -0.123. The molecule has 1 fully saturated rings. The highest BCUT2D eigenvalue weighted by Crippen LogP contribution is 2.31. The van der Waals surface area contributed by atoms with Crippen LogP contribution in [-0.4, -0.2) is 34.3 Å². The van der Waals surface area contributed by atoms with Gasteiger partial charge in [-0.2, -0.15) is 0 Å². The first-order valence-electron chi connectivity index (χ1n) is 6.42. The number of fused-ring (bicyclic) bond motifs is 1. The number of methoxy groups -OCH3 is 1. The number of amides is 3. The quantitative estimate of drug-likeness (QED) is 0.734. The minimum Gasteiger partial charge on any atom is -0.497 e. The molecule has 110 valence electrons. The Bertz CT molecular complexity index is 752. The van der Waals surface area contributed by atoms with Gasteiger partial charge in [-0.3, -0.25) is 10.1 Å². The Kier molecular flexibility index (Phi) is 2.79. The molecule has 0 saturated carbocycles. The predicted octanol–water partition coefficient (Wildman–Crippen LogP) is 0.954. The van der Waals surface area contributed by atoms with E-state index in [-0.39, 0.29) is 12.4 Å². The molecule has 0 aliphatic carbocycles. The largest absolute Gasteiger partial charge is 0.497 e. The second-order valence-electron chi connectivity index (χ2n) is 5.27. The average Bonchev–Trinajstić information content (AvgIpc) is 2.87. The van der Waals surface area contributed by atoms with Gasteiger partial charge in [-0.15, -0.1) is 0 Å². The molecule has 3 amide bonds. The number of ether oxygens (including phenoxy) is 1. The van der Waals surface area contributed by atoms with Crippen molar-refractivity contribution in [3.63, 3.8) is 0 Å². The molecular formula is C14H15N3O4. The molecule has 1 aliphatic rings. The molecule has 3 rings (SSSR count). The number of carbonyl (C=O) groups is 2. The normalized spacial score (nSPS) is 21.4. The van der Waals surface area contributed by atoms with Crippen molar-refractivity contribution in [2.75, 3.05) is 7.11 Å². The Morgan fingerprint density at radius 1 is 1.38 bits per heavy atom. The number of hydrogen-bond acceptors (Lipinski definition) is 4. The van der Waals surface area contributed by atoms with Crippen LogP contribution in [0.15, 0.2) is 24.4 Å². The smallest absolute Gasteiger partial charge is 0.322 e. The highest BCUT2D eigenvalue weighted by Gasteiger charge is 2.42. The molecule has 0 spiro atoms. The predicted molar refractivity (Wildman–Crippen MR) is 75.2 cm³/mol. The number of nitrogens with one attached hydrogen (secondary N) is 2. The highest BCUT2D eigenvalue weighted by molar-refractivity contribution is 6.06. The molecule has 1 aromatic carbocycles. The molecule has 2 aromatic rings. The maximum atomic E-state index is 11.8. The van der Waals surface area contributed by atoms with Crippen LogP contribution in [0, 0.1) is 0 Å². The van der Waals surface area contributed by atoms with Crippen LogP contribution < -0.4 is 15.4 Å². The minimum absolute atomic E-state index is 0.0269. The second-order valence-corrected chi connectivity index (χ2v) is 5.27. The third-order valence-corrected chi connectivity index (χ3v) is 3.67. The number of rotatable bonds is 3. The molecule has 3 N–H and O–H groups in total. The molecule has 0 radical (unpaired) electrons. The van der Waals surface area contributed by atoms with Gasteiger partial charge in [-0.1, -0.05) is 0 Å². The number of carbonyl (C=O) groups excluding carboxylic acids is 2. The van der Waals surface area contributed by atoms with Crippen LogP contribution in [0.25, 0.3) is 10.8 Å². The van der Waals surface area contributed by atoms with Gasteiger partial charge in [0.2, 0.25) is 0 Å². The van der Waals surface area contributed by atoms with E-state index in [0.717, 1.165) is 5.39 Å². The van der Waals surface area contributed by atoms with Crippen molar-refractivity contribution in [1.82, 2.24) is 15.2 Å². The van der Waals surface area contributed by atoms with Gasteiger partial charge >= 0.3 is 6.03 Å². The Hall–Kier alpha value is -2.70. The maximum Gasteiger partial charge on any atom is 0.322 e. The van der Waals surface area contributed by atoms with Gasteiger partial charge in [0, 0.05) is 17.0 Å². The van der Waals surface area contributed by atoms with E-state index < -0.39 is 17.5 Å². The van der Waals surface area contributed by atoms with Gasteiger partial charge < -0.3 is 19.7 Å². The Balaban J connectivity index is 2.00. The standard InChI is InChI=1S/C14H15N3O4/c1-14(12(19)15-13(20)16-14)7-17-6-8-3-4-9(21-2)5-10(8)11(17)18/h3-6,18H,7H2,1-2H3,(H2,15,16,19,20). The fraction of sp³-hybridized carbons (Fsp3) is 0.286. The summed E-state index contributed by atoms with van der Waals surface area (Å²) in [7, 11) is 1.55. The Labute approximate surface area is 120 Å². The molecule has 1 unspecified atom stereocenters. The summed E-state index contributed by atoms with van der Waals surface area (Å²) in [6, 6.07) is 4.80. The molecule has 7 heteroatoms. The van der Waals surface area contributed by atoms with E-state index in [4.69, 9.17) is 4.74 Å². The van der Waals surface area contributed by atoms with Crippen LogP contribution in [0.5, 0.6) is 11.6 Å². The zero-order chi connectivity index (χ0) is 15.2. The third kappa shape index (κ3) is 2.06. The van der Waals surface area contributed by atoms with Crippen molar-refractivity contribution in [1.29, 1.82) is 0 Å². The van der Waals surface area contributed by atoms with E-state index in [1.165, 1.54) is 4.57 Å². The number of hydrogen-bond donors (Lipinski definition) is 3. The number of aromatic nitrogens is 1. The first-order chi connectivity index (χ1) is 9.93. The summed E-state index contributed by atoms with van der Waals surface area (Å²) in [4.78, 5) is 23.1. The number of urea groups is 1. The van der Waals surface area contributed by atoms with Crippen molar-refractivity contribution in [3.05, 3.63) is 24.4 Å². The lowest BCUT2D eigenvalue weighted by atomic mass is 10.0. The number of aromatic hydroxyl groups is 1. The fourth-order valence-corrected chi connectivity index (χ4v) is 2.50. The molecule has 7 nitrogen and oxygen atoms in total. The molecule has 0 bridgehead atoms. The fourth-order valence-electron chi connectivity index (χ4n) is 2.50. The zero-order valence-corrected chi connectivity index (χ0v) is 11.6. The van der Waals surface area contributed by atoms with Crippen molar-refractivity contribution >= 4 is 22.7 Å². The minimum atomic E-state index is -1.09. The monoisotopic (exact) mass is 289 g/mol. The van der Waals surface area contributed by atoms with E-state index in [1.807, 2.05) is 6.07 Å². The van der Waals surface area contributed by atoms with Crippen LogP contribution in [0.2, 0.25) is 0 Å². The number of nitrogens with zero attached hydrogens (tertiary/aromatic N) is 1. The summed E-state index contributed by atoms with van der Waals surface area (Å²) >= 11 is 0. The van der Waals surface area contributed by atoms with Gasteiger partial charge in [0.05, 0.1) is 13.7 Å². The summed E-state index contributed by atoms with van der Waals surface area (Å²) in [5, 5.41) is 16.5. The van der Waals surface area contributed by atoms with Crippen molar-refractivity contribution in [3.8, 4) is 11.6 Å². The van der Waals surface area contributed by atoms with Gasteiger partial charge in [0.1, 0.15) is 11.3 Å². The summed E-state index contributed by atoms with van der Waals surface area (Å²) in [5.41, 5.74) is -1.09. The average molecular weight is 289 g/mol. The lowest BCUT2D eigenvalue weighted by Crippen LogP contribution is -2.47. The molecule has 21 heavy (non-hydrogen) atoms. The van der Waals surface area contributed by atoms with E-state index in [0.29, 0.717) is 11.1 Å². The highest BCUT2D eigenvalue weighted by atomic mass is 16.5. The maximum absolute atomic E-state index is 11.8. The summed E-state index contributed by atoms with van der Waals surface area (Å²) < 4.78 is 6.67. The van der Waals surface area contributed by atoms with Crippen LogP contribution in [0.3, 0.4) is 0 Å². The van der Waals surface area contributed by atoms with Crippen LogP contribution in [0.4, 0.5) is 4.79 Å². The number of imide groups is 1. The SMILES string of the molecule is COc1ccc2cn(CC3(C)NC(=O)NC3=O)c(O)c2c1. The summed E-state index contributed by atoms with van der Waals surface area (Å²) in [6.45, 7) is 1.74. The van der Waals surface area contributed by atoms with Crippen molar-refractivity contribution < 1.29 is 19.4 Å².